The Bertz CT molecular complexity index is 186. The van der Waals surface area contributed by atoms with Crippen molar-refractivity contribution in [1.29, 1.82) is 0 Å². The molecule has 0 aliphatic carbocycles. The number of rotatable bonds is 3. The standard InChI is InChI=1S/C9H17NO2S/c1-10-4-3-7(5-10)8(6-13)9(11)12-2/h7-8,13H,3-6H2,1-2H3. The highest BCUT2D eigenvalue weighted by Gasteiger charge is 2.32. The molecule has 0 saturated carbocycles. The predicted octanol–water partition coefficient (Wildman–Crippen LogP) is 0.657. The smallest absolute Gasteiger partial charge is 0.309 e. The van der Waals surface area contributed by atoms with Gasteiger partial charge in [0.1, 0.15) is 0 Å². The minimum absolute atomic E-state index is 0.0294. The molecule has 13 heavy (non-hydrogen) atoms. The van der Waals surface area contributed by atoms with Gasteiger partial charge in [0.2, 0.25) is 0 Å². The van der Waals surface area contributed by atoms with Crippen LogP contribution in [0.2, 0.25) is 0 Å². The zero-order valence-corrected chi connectivity index (χ0v) is 9.09. The van der Waals surface area contributed by atoms with Gasteiger partial charge in [-0.2, -0.15) is 12.6 Å². The molecule has 0 radical (unpaired) electrons. The third-order valence-corrected chi connectivity index (χ3v) is 3.09. The van der Waals surface area contributed by atoms with Crippen molar-refractivity contribution in [3.05, 3.63) is 0 Å². The summed E-state index contributed by atoms with van der Waals surface area (Å²) in [6, 6.07) is 0. The van der Waals surface area contributed by atoms with E-state index in [0.717, 1.165) is 19.5 Å². The second-order valence-electron chi connectivity index (χ2n) is 3.62. The van der Waals surface area contributed by atoms with Crippen molar-refractivity contribution < 1.29 is 9.53 Å². The highest BCUT2D eigenvalue weighted by molar-refractivity contribution is 7.80. The first-order valence-electron chi connectivity index (χ1n) is 4.56. The van der Waals surface area contributed by atoms with Crippen molar-refractivity contribution in [1.82, 2.24) is 4.90 Å². The average molecular weight is 203 g/mol. The van der Waals surface area contributed by atoms with Crippen molar-refractivity contribution >= 4 is 18.6 Å². The van der Waals surface area contributed by atoms with Crippen LogP contribution in [-0.4, -0.2) is 43.9 Å². The number of likely N-dealkylation sites (tertiary alicyclic amines) is 1. The minimum atomic E-state index is -0.115. The molecule has 1 heterocycles. The van der Waals surface area contributed by atoms with Crippen LogP contribution in [0.15, 0.2) is 0 Å². The van der Waals surface area contributed by atoms with Gasteiger partial charge in [0.25, 0.3) is 0 Å². The van der Waals surface area contributed by atoms with E-state index in [1.54, 1.807) is 0 Å². The highest BCUT2D eigenvalue weighted by Crippen LogP contribution is 2.25. The highest BCUT2D eigenvalue weighted by atomic mass is 32.1. The van der Waals surface area contributed by atoms with Crippen LogP contribution in [0, 0.1) is 11.8 Å². The molecule has 0 spiro atoms. The van der Waals surface area contributed by atoms with E-state index in [2.05, 4.69) is 24.6 Å². The van der Waals surface area contributed by atoms with Gasteiger partial charge < -0.3 is 9.64 Å². The molecular weight excluding hydrogens is 186 g/mol. The lowest BCUT2D eigenvalue weighted by atomic mass is 9.93. The number of thiol groups is 1. The molecule has 0 amide bonds. The third-order valence-electron chi connectivity index (χ3n) is 2.70. The normalized spacial score (nSPS) is 25.9. The van der Waals surface area contributed by atoms with Crippen LogP contribution in [-0.2, 0) is 9.53 Å². The van der Waals surface area contributed by atoms with E-state index >= 15 is 0 Å². The Morgan fingerprint density at radius 2 is 2.46 bits per heavy atom. The van der Waals surface area contributed by atoms with E-state index in [-0.39, 0.29) is 11.9 Å². The molecule has 0 aromatic heterocycles. The molecule has 1 aliphatic rings. The van der Waals surface area contributed by atoms with Crippen molar-refractivity contribution in [3.8, 4) is 0 Å². The lowest BCUT2D eigenvalue weighted by Gasteiger charge is -2.18. The molecule has 1 rings (SSSR count). The van der Waals surface area contributed by atoms with E-state index in [1.807, 2.05) is 0 Å². The third kappa shape index (κ3) is 2.61. The number of nitrogens with zero attached hydrogens (tertiary/aromatic N) is 1. The van der Waals surface area contributed by atoms with E-state index in [1.165, 1.54) is 7.11 Å². The van der Waals surface area contributed by atoms with Crippen LogP contribution in [0.1, 0.15) is 6.42 Å². The summed E-state index contributed by atoms with van der Waals surface area (Å²) < 4.78 is 4.74. The van der Waals surface area contributed by atoms with Crippen LogP contribution < -0.4 is 0 Å². The molecule has 0 bridgehead atoms. The summed E-state index contributed by atoms with van der Waals surface area (Å²) in [5, 5.41) is 0. The first kappa shape index (κ1) is 10.9. The quantitative estimate of drug-likeness (QED) is 0.540. The number of carbonyl (C=O) groups is 1. The van der Waals surface area contributed by atoms with Crippen LogP contribution >= 0.6 is 12.6 Å². The van der Waals surface area contributed by atoms with Crippen molar-refractivity contribution in [2.45, 2.75) is 6.42 Å². The van der Waals surface area contributed by atoms with Crippen LogP contribution in [0.25, 0.3) is 0 Å². The molecule has 1 saturated heterocycles. The summed E-state index contributed by atoms with van der Waals surface area (Å²) in [7, 11) is 3.52. The first-order valence-corrected chi connectivity index (χ1v) is 5.19. The van der Waals surface area contributed by atoms with E-state index in [0.29, 0.717) is 11.7 Å². The Hall–Kier alpha value is -0.220. The molecule has 2 atom stereocenters. The molecule has 0 aromatic carbocycles. The van der Waals surface area contributed by atoms with Crippen LogP contribution in [0.4, 0.5) is 0 Å². The SMILES string of the molecule is COC(=O)C(CS)C1CCN(C)C1. The zero-order chi connectivity index (χ0) is 9.84. The van der Waals surface area contributed by atoms with Crippen molar-refractivity contribution in [2.24, 2.45) is 11.8 Å². The summed E-state index contributed by atoms with van der Waals surface area (Å²) in [6.45, 7) is 2.06. The Morgan fingerprint density at radius 3 is 2.85 bits per heavy atom. The fourth-order valence-corrected chi connectivity index (χ4v) is 2.31. The van der Waals surface area contributed by atoms with Crippen LogP contribution in [0.3, 0.4) is 0 Å². The minimum Gasteiger partial charge on any atom is -0.469 e. The average Bonchev–Trinajstić information content (AvgIpc) is 2.53. The Kier molecular flexibility index (Phi) is 4.06. The molecule has 3 nitrogen and oxygen atoms in total. The van der Waals surface area contributed by atoms with Crippen molar-refractivity contribution in [2.75, 3.05) is 33.0 Å². The summed E-state index contributed by atoms with van der Waals surface area (Å²) in [4.78, 5) is 13.6. The van der Waals surface area contributed by atoms with Gasteiger partial charge in [-0.3, -0.25) is 4.79 Å². The number of hydrogen-bond donors (Lipinski definition) is 1. The van der Waals surface area contributed by atoms with Gasteiger partial charge in [-0.25, -0.2) is 0 Å². The summed E-state index contributed by atoms with van der Waals surface area (Å²) in [5.41, 5.74) is 0. The van der Waals surface area contributed by atoms with Gasteiger partial charge in [-0.15, -0.1) is 0 Å². The molecule has 0 N–H and O–H groups in total. The van der Waals surface area contributed by atoms with Crippen LogP contribution in [0.5, 0.6) is 0 Å². The summed E-state index contributed by atoms with van der Waals surface area (Å²) in [5.74, 6) is 0.870. The summed E-state index contributed by atoms with van der Waals surface area (Å²) in [6.07, 6.45) is 1.08. The lowest BCUT2D eigenvalue weighted by Crippen LogP contribution is -2.28. The van der Waals surface area contributed by atoms with Gasteiger partial charge in [0, 0.05) is 12.3 Å². The van der Waals surface area contributed by atoms with Gasteiger partial charge in [-0.1, -0.05) is 0 Å². The number of ether oxygens (including phenoxy) is 1. The molecule has 2 unspecified atom stereocenters. The maximum atomic E-state index is 11.3. The van der Waals surface area contributed by atoms with E-state index < -0.39 is 0 Å². The molecule has 1 aliphatic heterocycles. The maximum absolute atomic E-state index is 11.3. The Balaban J connectivity index is 2.51. The maximum Gasteiger partial charge on any atom is 0.309 e. The van der Waals surface area contributed by atoms with E-state index in [4.69, 9.17) is 4.74 Å². The largest absolute Gasteiger partial charge is 0.469 e. The Labute approximate surface area is 84.8 Å². The number of hydrogen-bond acceptors (Lipinski definition) is 4. The topological polar surface area (TPSA) is 29.5 Å². The molecule has 0 aromatic rings. The second kappa shape index (κ2) is 4.86. The lowest BCUT2D eigenvalue weighted by molar-refractivity contribution is -0.146. The first-order chi connectivity index (χ1) is 6.19. The number of esters is 1. The fraction of sp³-hybridized carbons (Fsp3) is 0.889. The second-order valence-corrected chi connectivity index (χ2v) is 3.99. The summed E-state index contributed by atoms with van der Waals surface area (Å²) >= 11 is 4.19. The number of methoxy groups -OCH3 is 1. The monoisotopic (exact) mass is 203 g/mol. The van der Waals surface area contributed by atoms with Gasteiger partial charge in [-0.05, 0) is 25.9 Å². The zero-order valence-electron chi connectivity index (χ0n) is 8.19. The fourth-order valence-electron chi connectivity index (χ4n) is 1.86. The molecule has 4 heteroatoms. The molecule has 76 valence electrons. The predicted molar refractivity (Wildman–Crippen MR) is 55.0 cm³/mol. The Morgan fingerprint density at radius 1 is 1.77 bits per heavy atom. The molecule has 1 fully saturated rings. The van der Waals surface area contributed by atoms with Gasteiger partial charge >= 0.3 is 5.97 Å². The molecular formula is C9H17NO2S. The van der Waals surface area contributed by atoms with Gasteiger partial charge in [0.05, 0.1) is 13.0 Å². The van der Waals surface area contributed by atoms with E-state index in [9.17, 15) is 4.79 Å². The number of carbonyl (C=O) groups excluding carboxylic acids is 1. The van der Waals surface area contributed by atoms with Gasteiger partial charge in [0.15, 0.2) is 0 Å². The van der Waals surface area contributed by atoms with Crippen molar-refractivity contribution in [3.63, 3.8) is 0 Å².